The van der Waals surface area contributed by atoms with Gasteiger partial charge >= 0.3 is 0 Å². The first-order chi connectivity index (χ1) is 14.6. The Hall–Kier alpha value is -2.62. The Morgan fingerprint density at radius 3 is 2.45 bits per heavy atom. The molecular weight excluding hydrogens is 465 g/mol. The average Bonchev–Trinajstić information content (AvgIpc) is 2.93. The van der Waals surface area contributed by atoms with Gasteiger partial charge in [-0.1, -0.05) is 41.4 Å². The summed E-state index contributed by atoms with van der Waals surface area (Å²) in [6, 6.07) is 9.47. The second-order valence-corrected chi connectivity index (χ2v) is 9.53. The molecule has 0 saturated carbocycles. The van der Waals surface area contributed by atoms with Crippen LogP contribution in [0.3, 0.4) is 0 Å². The maximum Gasteiger partial charge on any atom is 0.269 e. The Bertz CT molecular complexity index is 1170. The first-order valence-corrected chi connectivity index (χ1v) is 11.4. The molecule has 1 aliphatic rings. The molecule has 1 N–H and O–H groups in total. The second kappa shape index (κ2) is 8.86. The molecule has 2 aromatic carbocycles. The Balaban J connectivity index is 1.92. The lowest BCUT2D eigenvalue weighted by molar-refractivity contribution is -0.140. The summed E-state index contributed by atoms with van der Waals surface area (Å²) in [5.74, 6) is -1.98. The van der Waals surface area contributed by atoms with Crippen molar-refractivity contribution in [2.24, 2.45) is 0 Å². The summed E-state index contributed by atoms with van der Waals surface area (Å²) in [5, 5.41) is 3.14. The van der Waals surface area contributed by atoms with Crippen LogP contribution in [0.2, 0.25) is 10.0 Å². The van der Waals surface area contributed by atoms with E-state index in [9.17, 15) is 22.8 Å². The zero-order chi connectivity index (χ0) is 22.9. The van der Waals surface area contributed by atoms with Gasteiger partial charge in [0.15, 0.2) is 0 Å². The van der Waals surface area contributed by atoms with E-state index in [4.69, 9.17) is 23.2 Å². The number of nitrogens with zero attached hydrogens (tertiary/aromatic N) is 2. The van der Waals surface area contributed by atoms with Gasteiger partial charge in [0.2, 0.25) is 11.8 Å². The molecule has 3 rings (SSSR count). The minimum absolute atomic E-state index is 0.00180. The van der Waals surface area contributed by atoms with E-state index < -0.39 is 40.3 Å². The van der Waals surface area contributed by atoms with Crippen LogP contribution in [0.15, 0.2) is 47.4 Å². The fourth-order valence-electron chi connectivity index (χ4n) is 3.23. The molecule has 0 spiro atoms. The molecule has 11 heteroatoms. The van der Waals surface area contributed by atoms with Gasteiger partial charge in [-0.25, -0.2) is 12.7 Å². The molecule has 164 valence electrons. The van der Waals surface area contributed by atoms with Crippen molar-refractivity contribution in [2.75, 3.05) is 13.6 Å². The van der Waals surface area contributed by atoms with E-state index in [1.165, 1.54) is 43.1 Å². The van der Waals surface area contributed by atoms with Gasteiger partial charge in [-0.15, -0.1) is 0 Å². The fraction of sp³-hybridized carbons (Fsp3) is 0.250. The van der Waals surface area contributed by atoms with Crippen LogP contribution in [0.1, 0.15) is 22.8 Å². The predicted molar refractivity (Wildman–Crippen MR) is 115 cm³/mol. The van der Waals surface area contributed by atoms with Crippen LogP contribution >= 0.6 is 23.2 Å². The number of carbonyl (C=O) groups excluding carboxylic acids is 3. The number of sulfonamides is 1. The number of hydrogen-bond donors (Lipinski definition) is 1. The van der Waals surface area contributed by atoms with Crippen molar-refractivity contribution in [3.8, 4) is 0 Å². The summed E-state index contributed by atoms with van der Waals surface area (Å²) in [7, 11) is -2.75. The summed E-state index contributed by atoms with van der Waals surface area (Å²) < 4.78 is 26.1. The van der Waals surface area contributed by atoms with E-state index in [1.54, 1.807) is 18.2 Å². The Labute approximate surface area is 189 Å². The van der Waals surface area contributed by atoms with E-state index in [0.717, 1.165) is 0 Å². The number of carbonyl (C=O) groups is 3. The number of fused-ring (bicyclic) bond motifs is 1. The summed E-state index contributed by atoms with van der Waals surface area (Å²) >= 11 is 12.1. The van der Waals surface area contributed by atoms with Crippen molar-refractivity contribution in [1.29, 1.82) is 0 Å². The molecule has 31 heavy (non-hydrogen) atoms. The number of likely N-dealkylation sites (N-methyl/N-ethyl adjacent to an activating group) is 1. The number of benzene rings is 2. The standard InChI is InChI=1S/C20H19Cl2N3O5S/c1-12(19(27)23-2)24(10-13-7-8-14(21)9-16(13)22)18(26)11-25-20(28)15-5-3-4-6-17(15)31(25,29)30/h3-9,12H,10-11H2,1-2H3,(H,23,27)/t12-/m0/s1. The monoisotopic (exact) mass is 483 g/mol. The molecule has 0 aliphatic carbocycles. The maximum atomic E-state index is 13.1. The highest BCUT2D eigenvalue weighted by molar-refractivity contribution is 7.90. The molecule has 3 amide bonds. The van der Waals surface area contributed by atoms with E-state index in [0.29, 0.717) is 14.9 Å². The van der Waals surface area contributed by atoms with Gasteiger partial charge in [-0.05, 0) is 36.8 Å². The smallest absolute Gasteiger partial charge is 0.269 e. The van der Waals surface area contributed by atoms with Crippen LogP contribution in [-0.2, 0) is 26.2 Å². The highest BCUT2D eigenvalue weighted by Crippen LogP contribution is 2.30. The zero-order valence-corrected chi connectivity index (χ0v) is 19.0. The van der Waals surface area contributed by atoms with Gasteiger partial charge in [0.1, 0.15) is 17.5 Å². The van der Waals surface area contributed by atoms with Crippen LogP contribution in [0.4, 0.5) is 0 Å². The molecule has 2 aromatic rings. The molecule has 1 atom stereocenters. The average molecular weight is 484 g/mol. The molecule has 0 saturated heterocycles. The molecule has 0 aromatic heterocycles. The molecule has 0 fully saturated rings. The first kappa shape index (κ1) is 23.1. The fourth-order valence-corrected chi connectivity index (χ4v) is 5.21. The third-order valence-corrected chi connectivity index (χ3v) is 7.33. The molecule has 0 radical (unpaired) electrons. The van der Waals surface area contributed by atoms with Crippen molar-refractivity contribution in [1.82, 2.24) is 14.5 Å². The third-order valence-electron chi connectivity index (χ3n) is 4.96. The van der Waals surface area contributed by atoms with Crippen molar-refractivity contribution >= 4 is 50.9 Å². The van der Waals surface area contributed by atoms with Gasteiger partial charge in [0.05, 0.1) is 5.56 Å². The van der Waals surface area contributed by atoms with E-state index in [2.05, 4.69) is 5.32 Å². The molecule has 1 aliphatic heterocycles. The van der Waals surface area contributed by atoms with Crippen molar-refractivity contribution in [3.63, 3.8) is 0 Å². The largest absolute Gasteiger partial charge is 0.357 e. The highest BCUT2D eigenvalue weighted by Gasteiger charge is 2.43. The minimum Gasteiger partial charge on any atom is -0.357 e. The molecular formula is C20H19Cl2N3O5S. The zero-order valence-electron chi connectivity index (χ0n) is 16.6. The summed E-state index contributed by atoms with van der Waals surface area (Å²) in [6.45, 7) is 0.663. The van der Waals surface area contributed by atoms with Crippen LogP contribution in [0.25, 0.3) is 0 Å². The van der Waals surface area contributed by atoms with Gasteiger partial charge in [-0.2, -0.15) is 0 Å². The van der Waals surface area contributed by atoms with Crippen LogP contribution in [0.5, 0.6) is 0 Å². The van der Waals surface area contributed by atoms with Gasteiger partial charge in [-0.3, -0.25) is 14.4 Å². The number of hydrogen-bond acceptors (Lipinski definition) is 5. The molecule has 1 heterocycles. The molecule has 8 nitrogen and oxygen atoms in total. The Morgan fingerprint density at radius 2 is 1.84 bits per heavy atom. The van der Waals surface area contributed by atoms with Crippen molar-refractivity contribution in [3.05, 3.63) is 63.6 Å². The third kappa shape index (κ3) is 4.39. The Kier molecular flexibility index (Phi) is 6.59. The number of amides is 3. The topological polar surface area (TPSA) is 104 Å². The summed E-state index contributed by atoms with van der Waals surface area (Å²) in [5.41, 5.74) is 0.510. The quantitative estimate of drug-likeness (QED) is 0.678. The SMILES string of the molecule is CNC(=O)[C@H](C)N(Cc1ccc(Cl)cc1Cl)C(=O)CN1C(=O)c2ccccc2S1(=O)=O. The van der Waals surface area contributed by atoms with Gasteiger partial charge < -0.3 is 10.2 Å². The summed E-state index contributed by atoms with van der Waals surface area (Å²) in [4.78, 5) is 39.0. The predicted octanol–water partition coefficient (Wildman–Crippen LogP) is 2.30. The van der Waals surface area contributed by atoms with E-state index >= 15 is 0 Å². The lowest BCUT2D eigenvalue weighted by Gasteiger charge is -2.30. The minimum atomic E-state index is -4.17. The highest BCUT2D eigenvalue weighted by atomic mass is 35.5. The molecule has 0 bridgehead atoms. The lowest BCUT2D eigenvalue weighted by atomic mass is 10.1. The lowest BCUT2D eigenvalue weighted by Crippen LogP contribution is -2.50. The van der Waals surface area contributed by atoms with E-state index in [1.807, 2.05) is 0 Å². The summed E-state index contributed by atoms with van der Waals surface area (Å²) in [6.07, 6.45) is 0. The maximum absolute atomic E-state index is 13.1. The normalized spacial score (nSPS) is 15.4. The van der Waals surface area contributed by atoms with Gasteiger partial charge in [0.25, 0.3) is 15.9 Å². The Morgan fingerprint density at radius 1 is 1.16 bits per heavy atom. The van der Waals surface area contributed by atoms with Crippen LogP contribution in [-0.4, -0.2) is 55.0 Å². The second-order valence-electron chi connectivity index (χ2n) is 6.86. The van der Waals surface area contributed by atoms with Crippen molar-refractivity contribution in [2.45, 2.75) is 24.4 Å². The number of halogens is 2. The number of rotatable bonds is 6. The van der Waals surface area contributed by atoms with Crippen LogP contribution in [0, 0.1) is 0 Å². The molecule has 0 unspecified atom stereocenters. The van der Waals surface area contributed by atoms with Crippen molar-refractivity contribution < 1.29 is 22.8 Å². The van der Waals surface area contributed by atoms with E-state index in [-0.39, 0.29) is 22.0 Å². The first-order valence-electron chi connectivity index (χ1n) is 9.19. The van der Waals surface area contributed by atoms with Gasteiger partial charge in [0, 0.05) is 23.6 Å². The number of nitrogens with one attached hydrogen (secondary N) is 1. The van der Waals surface area contributed by atoms with Crippen LogP contribution < -0.4 is 5.32 Å².